The molecule has 148 valence electrons. The van der Waals surface area contributed by atoms with E-state index in [1.54, 1.807) is 17.3 Å². The number of carbonyl (C=O) groups is 1. The number of aryl methyl sites for hydroxylation is 2. The molecule has 4 rings (SSSR count). The van der Waals surface area contributed by atoms with Gasteiger partial charge in [0.2, 0.25) is 0 Å². The van der Waals surface area contributed by atoms with Gasteiger partial charge in [0.1, 0.15) is 11.5 Å². The van der Waals surface area contributed by atoms with E-state index in [1.165, 1.54) is 5.56 Å². The quantitative estimate of drug-likeness (QED) is 0.876. The second kappa shape index (κ2) is 7.85. The topological polar surface area (TPSA) is 76.6 Å². The molecule has 3 heterocycles. The highest BCUT2D eigenvalue weighted by molar-refractivity contribution is 5.92. The molecule has 1 spiro atoms. The van der Waals surface area contributed by atoms with Crippen molar-refractivity contribution in [1.29, 1.82) is 0 Å². The molecule has 1 amide bonds. The minimum Gasteiger partial charge on any atom is -0.347 e. The van der Waals surface area contributed by atoms with E-state index in [2.05, 4.69) is 47.3 Å². The monoisotopic (exact) mass is 382 g/mol. The van der Waals surface area contributed by atoms with E-state index in [4.69, 9.17) is 9.47 Å². The lowest BCUT2D eigenvalue weighted by Crippen LogP contribution is -2.47. The first-order chi connectivity index (χ1) is 13.6. The first-order valence-electron chi connectivity index (χ1n) is 9.85. The van der Waals surface area contributed by atoms with Gasteiger partial charge in [-0.25, -0.2) is 9.97 Å². The zero-order chi connectivity index (χ0) is 19.6. The Hall–Kier alpha value is -2.51. The van der Waals surface area contributed by atoms with E-state index in [9.17, 15) is 4.79 Å². The number of ether oxygens (including phenoxy) is 2. The summed E-state index contributed by atoms with van der Waals surface area (Å²) in [5, 5.41) is 3.34. The number of nitrogens with zero attached hydrogens (tertiary/aromatic N) is 3. The summed E-state index contributed by atoms with van der Waals surface area (Å²) >= 11 is 0. The van der Waals surface area contributed by atoms with Crippen LogP contribution in [0.3, 0.4) is 0 Å². The molecule has 0 radical (unpaired) electrons. The number of amides is 1. The lowest BCUT2D eigenvalue weighted by Gasteiger charge is -2.37. The first kappa shape index (κ1) is 18.8. The lowest BCUT2D eigenvalue weighted by molar-refractivity contribution is -0.181. The molecule has 1 N–H and O–H groups in total. The molecule has 7 nitrogen and oxygen atoms in total. The maximum absolute atomic E-state index is 12.7. The van der Waals surface area contributed by atoms with Gasteiger partial charge in [-0.2, -0.15) is 0 Å². The second-order valence-corrected chi connectivity index (χ2v) is 7.27. The fourth-order valence-corrected chi connectivity index (χ4v) is 3.83. The molecular formula is C21H26N4O3. The Labute approximate surface area is 165 Å². The fourth-order valence-electron chi connectivity index (χ4n) is 3.83. The number of hydrogen-bond acceptors (Lipinski definition) is 6. The molecule has 2 aliphatic heterocycles. The Balaban J connectivity index is 1.41. The fraction of sp³-hybridized carbons (Fsp3) is 0.476. The Morgan fingerprint density at radius 2 is 1.93 bits per heavy atom. The molecule has 0 saturated carbocycles. The van der Waals surface area contributed by atoms with Crippen LogP contribution in [-0.4, -0.2) is 52.9 Å². The number of anilines is 2. The summed E-state index contributed by atoms with van der Waals surface area (Å²) < 4.78 is 11.4. The van der Waals surface area contributed by atoms with Crippen molar-refractivity contribution in [3.63, 3.8) is 0 Å². The molecule has 0 unspecified atom stereocenters. The molecule has 0 atom stereocenters. The molecule has 2 aliphatic rings. The number of carbonyl (C=O) groups excluding carboxylic acids is 1. The highest BCUT2D eigenvalue weighted by Gasteiger charge is 2.41. The van der Waals surface area contributed by atoms with Crippen LogP contribution in [0.1, 0.15) is 41.4 Å². The van der Waals surface area contributed by atoms with E-state index in [1.807, 2.05) is 0 Å². The van der Waals surface area contributed by atoms with Gasteiger partial charge in [-0.05, 0) is 24.5 Å². The van der Waals surface area contributed by atoms with Crippen molar-refractivity contribution < 1.29 is 14.3 Å². The number of likely N-dealkylation sites (tertiary alicyclic amines) is 1. The van der Waals surface area contributed by atoms with Crippen LogP contribution < -0.4 is 5.32 Å². The Bertz CT molecular complexity index is 837. The predicted octanol–water partition coefficient (Wildman–Crippen LogP) is 3.07. The van der Waals surface area contributed by atoms with Crippen molar-refractivity contribution in [3.8, 4) is 0 Å². The van der Waals surface area contributed by atoms with Gasteiger partial charge in [0.15, 0.2) is 5.79 Å². The van der Waals surface area contributed by atoms with Crippen LogP contribution >= 0.6 is 0 Å². The summed E-state index contributed by atoms with van der Waals surface area (Å²) in [7, 11) is 0. The third kappa shape index (κ3) is 3.72. The molecule has 2 aromatic rings. The highest BCUT2D eigenvalue weighted by atomic mass is 16.7. The molecule has 7 heteroatoms. The molecule has 1 aromatic carbocycles. The molecule has 0 aliphatic carbocycles. The van der Waals surface area contributed by atoms with Crippen molar-refractivity contribution in [3.05, 3.63) is 47.4 Å². The molecule has 2 saturated heterocycles. The lowest BCUT2D eigenvalue weighted by atomic mass is 10.0. The van der Waals surface area contributed by atoms with Crippen LogP contribution in [0.4, 0.5) is 11.5 Å². The van der Waals surface area contributed by atoms with Gasteiger partial charge in [-0.1, -0.05) is 25.1 Å². The third-order valence-electron chi connectivity index (χ3n) is 5.49. The number of hydrogen-bond donors (Lipinski definition) is 1. The van der Waals surface area contributed by atoms with Crippen molar-refractivity contribution in [2.24, 2.45) is 0 Å². The minimum absolute atomic E-state index is 0.1000. The van der Waals surface area contributed by atoms with Gasteiger partial charge < -0.3 is 19.7 Å². The normalized spacial score (nSPS) is 18.4. The van der Waals surface area contributed by atoms with Gasteiger partial charge in [-0.3, -0.25) is 4.79 Å². The number of aromatic nitrogens is 2. The van der Waals surface area contributed by atoms with Crippen LogP contribution in [0.15, 0.2) is 30.6 Å². The van der Waals surface area contributed by atoms with E-state index in [-0.39, 0.29) is 5.91 Å². The smallest absolute Gasteiger partial charge is 0.274 e. The number of rotatable bonds is 4. The van der Waals surface area contributed by atoms with Gasteiger partial charge in [-0.15, -0.1) is 0 Å². The van der Waals surface area contributed by atoms with Crippen molar-refractivity contribution in [2.75, 3.05) is 31.6 Å². The maximum atomic E-state index is 12.7. The summed E-state index contributed by atoms with van der Waals surface area (Å²) in [5.41, 5.74) is 3.78. The molecule has 1 aromatic heterocycles. The van der Waals surface area contributed by atoms with Crippen LogP contribution in [0.25, 0.3) is 0 Å². The molecule has 2 fully saturated rings. The molecule has 0 bridgehead atoms. The summed E-state index contributed by atoms with van der Waals surface area (Å²) in [4.78, 5) is 23.3. The van der Waals surface area contributed by atoms with Crippen molar-refractivity contribution in [1.82, 2.24) is 14.9 Å². The standard InChI is InChI=1S/C21H26N4O3/c1-3-16-6-4-5-15(2)19(16)24-18-14-22-17(13-23-18)20(26)25-9-7-21(8-10-25)27-11-12-28-21/h4-6,13-14H,3,7-12H2,1-2H3,(H,23,24). The van der Waals surface area contributed by atoms with Gasteiger partial charge >= 0.3 is 0 Å². The van der Waals surface area contributed by atoms with Gasteiger partial charge in [0.05, 0.1) is 25.6 Å². The Morgan fingerprint density at radius 3 is 2.57 bits per heavy atom. The number of nitrogens with one attached hydrogen (secondary N) is 1. The number of piperidine rings is 1. The Kier molecular flexibility index (Phi) is 5.28. The highest BCUT2D eigenvalue weighted by Crippen LogP contribution is 2.31. The van der Waals surface area contributed by atoms with Gasteiger partial charge in [0.25, 0.3) is 5.91 Å². The largest absolute Gasteiger partial charge is 0.347 e. The van der Waals surface area contributed by atoms with Gasteiger partial charge in [0, 0.05) is 31.6 Å². The molecule has 28 heavy (non-hydrogen) atoms. The average Bonchev–Trinajstić information content (AvgIpc) is 3.18. The summed E-state index contributed by atoms with van der Waals surface area (Å²) in [5.74, 6) is 0.0451. The minimum atomic E-state index is -0.485. The first-order valence-corrected chi connectivity index (χ1v) is 9.85. The van der Waals surface area contributed by atoms with E-state index in [0.29, 0.717) is 50.7 Å². The zero-order valence-electron chi connectivity index (χ0n) is 16.4. The summed E-state index contributed by atoms with van der Waals surface area (Å²) in [6, 6.07) is 6.21. The van der Waals surface area contributed by atoms with Crippen LogP contribution in [0.2, 0.25) is 0 Å². The molecular weight excluding hydrogens is 356 g/mol. The SMILES string of the molecule is CCc1cccc(C)c1Nc1cnc(C(=O)N2CCC3(CC2)OCCO3)cn1. The van der Waals surface area contributed by atoms with Crippen LogP contribution in [0, 0.1) is 6.92 Å². The summed E-state index contributed by atoms with van der Waals surface area (Å²) in [6.07, 6.45) is 5.48. The van der Waals surface area contributed by atoms with E-state index >= 15 is 0 Å². The van der Waals surface area contributed by atoms with E-state index < -0.39 is 5.79 Å². The zero-order valence-corrected chi connectivity index (χ0v) is 16.4. The Morgan fingerprint density at radius 1 is 1.18 bits per heavy atom. The number of benzene rings is 1. The average molecular weight is 382 g/mol. The number of para-hydroxylation sites is 1. The second-order valence-electron chi connectivity index (χ2n) is 7.27. The summed E-state index contributed by atoms with van der Waals surface area (Å²) in [6.45, 7) is 6.65. The third-order valence-corrected chi connectivity index (χ3v) is 5.49. The van der Waals surface area contributed by atoms with Crippen molar-refractivity contribution >= 4 is 17.4 Å². The maximum Gasteiger partial charge on any atom is 0.274 e. The van der Waals surface area contributed by atoms with Crippen LogP contribution in [-0.2, 0) is 15.9 Å². The predicted molar refractivity (Wildman–Crippen MR) is 106 cm³/mol. The van der Waals surface area contributed by atoms with E-state index in [0.717, 1.165) is 17.7 Å². The van der Waals surface area contributed by atoms with Crippen LogP contribution in [0.5, 0.6) is 0 Å². The van der Waals surface area contributed by atoms with Crippen molar-refractivity contribution in [2.45, 2.75) is 38.9 Å².